The van der Waals surface area contributed by atoms with Crippen molar-refractivity contribution >= 4 is 28.8 Å². The van der Waals surface area contributed by atoms with Gasteiger partial charge in [0.2, 0.25) is 0 Å². The summed E-state index contributed by atoms with van der Waals surface area (Å²) in [6, 6.07) is 3.80. The van der Waals surface area contributed by atoms with Crippen LogP contribution >= 0.6 is 22.9 Å². The van der Waals surface area contributed by atoms with E-state index in [4.69, 9.17) is 16.3 Å². The van der Waals surface area contributed by atoms with Gasteiger partial charge in [0.15, 0.2) is 0 Å². The lowest BCUT2D eigenvalue weighted by molar-refractivity contribution is -0.140. The number of nitrogens with zero attached hydrogens (tertiary/aromatic N) is 1. The van der Waals surface area contributed by atoms with Crippen LogP contribution in [0.2, 0.25) is 4.34 Å². The molecule has 1 aliphatic heterocycles. The highest BCUT2D eigenvalue weighted by Crippen LogP contribution is 2.24. The second-order valence-electron chi connectivity index (χ2n) is 4.21. The van der Waals surface area contributed by atoms with E-state index < -0.39 is 0 Å². The molecular weight excluding hydrogens is 270 g/mol. The summed E-state index contributed by atoms with van der Waals surface area (Å²) in [7, 11) is 0. The lowest BCUT2D eigenvalue weighted by Crippen LogP contribution is -2.38. The third kappa shape index (κ3) is 3.34. The van der Waals surface area contributed by atoms with Gasteiger partial charge in [-0.25, -0.2) is 0 Å². The molecule has 1 fully saturated rings. The Morgan fingerprint density at radius 2 is 2.50 bits per heavy atom. The Balaban J connectivity index is 2.02. The molecule has 1 aliphatic rings. The minimum atomic E-state index is -0.277. The minimum Gasteiger partial charge on any atom is -0.368 e. The molecule has 0 bridgehead atoms. The molecule has 0 spiro atoms. The van der Waals surface area contributed by atoms with Crippen LogP contribution in [0.15, 0.2) is 24.8 Å². The first-order chi connectivity index (χ1) is 8.70. The van der Waals surface area contributed by atoms with Crippen molar-refractivity contribution in [3.63, 3.8) is 0 Å². The summed E-state index contributed by atoms with van der Waals surface area (Å²) in [5, 5.41) is 0. The molecular formula is C13H16ClNO2S. The average Bonchev–Trinajstić information content (AvgIpc) is 2.99. The van der Waals surface area contributed by atoms with Gasteiger partial charge >= 0.3 is 0 Å². The molecule has 5 heteroatoms. The standard InChI is InChI=1S/C13H16ClNO2S/c1-2-7-15(9-10-5-6-12(14)18-10)13(16)11-4-3-8-17-11/h2,5-6,11H,1,3-4,7-9H2/t11-/m1/s1. The highest BCUT2D eigenvalue weighted by atomic mass is 35.5. The molecule has 1 saturated heterocycles. The summed E-state index contributed by atoms with van der Waals surface area (Å²) in [6.07, 6.45) is 3.24. The van der Waals surface area contributed by atoms with Gasteiger partial charge in [0.25, 0.3) is 5.91 Å². The number of amides is 1. The summed E-state index contributed by atoms with van der Waals surface area (Å²) >= 11 is 7.40. The molecule has 0 N–H and O–H groups in total. The third-order valence-electron chi connectivity index (χ3n) is 2.84. The van der Waals surface area contributed by atoms with Gasteiger partial charge in [-0.1, -0.05) is 17.7 Å². The minimum absolute atomic E-state index is 0.0527. The molecule has 0 aromatic carbocycles. The molecule has 98 valence electrons. The normalized spacial score (nSPS) is 18.8. The lowest BCUT2D eigenvalue weighted by atomic mass is 10.2. The molecule has 2 rings (SSSR count). The Bertz CT molecular complexity index is 426. The van der Waals surface area contributed by atoms with E-state index in [-0.39, 0.29) is 12.0 Å². The second-order valence-corrected chi connectivity index (χ2v) is 6.01. The van der Waals surface area contributed by atoms with E-state index >= 15 is 0 Å². The number of ether oxygens (including phenoxy) is 1. The van der Waals surface area contributed by atoms with Crippen LogP contribution in [0.1, 0.15) is 17.7 Å². The van der Waals surface area contributed by atoms with Gasteiger partial charge in [-0.3, -0.25) is 4.79 Å². The molecule has 0 saturated carbocycles. The molecule has 1 amide bonds. The van der Waals surface area contributed by atoms with Gasteiger partial charge in [-0.2, -0.15) is 0 Å². The van der Waals surface area contributed by atoms with Crippen molar-refractivity contribution in [2.45, 2.75) is 25.5 Å². The molecule has 0 unspecified atom stereocenters. The maximum atomic E-state index is 12.3. The Morgan fingerprint density at radius 1 is 1.67 bits per heavy atom. The molecule has 0 aliphatic carbocycles. The summed E-state index contributed by atoms with van der Waals surface area (Å²) in [5.74, 6) is 0.0527. The topological polar surface area (TPSA) is 29.5 Å². The fraction of sp³-hybridized carbons (Fsp3) is 0.462. The Labute approximate surface area is 116 Å². The first-order valence-electron chi connectivity index (χ1n) is 5.96. The first-order valence-corrected chi connectivity index (χ1v) is 7.15. The van der Waals surface area contributed by atoms with E-state index in [0.29, 0.717) is 19.7 Å². The van der Waals surface area contributed by atoms with E-state index in [2.05, 4.69) is 6.58 Å². The summed E-state index contributed by atoms with van der Waals surface area (Å²) in [4.78, 5) is 15.1. The number of carbonyl (C=O) groups is 1. The quantitative estimate of drug-likeness (QED) is 0.778. The maximum Gasteiger partial charge on any atom is 0.252 e. The predicted molar refractivity (Wildman–Crippen MR) is 73.9 cm³/mol. The molecule has 3 nitrogen and oxygen atoms in total. The van der Waals surface area contributed by atoms with E-state index in [1.165, 1.54) is 11.3 Å². The summed E-state index contributed by atoms with van der Waals surface area (Å²) in [6.45, 7) is 5.49. The summed E-state index contributed by atoms with van der Waals surface area (Å²) < 4.78 is 6.18. The van der Waals surface area contributed by atoms with Crippen molar-refractivity contribution in [2.75, 3.05) is 13.2 Å². The monoisotopic (exact) mass is 285 g/mol. The van der Waals surface area contributed by atoms with Crippen LogP contribution in [-0.2, 0) is 16.1 Å². The molecule has 1 aromatic heterocycles. The lowest BCUT2D eigenvalue weighted by Gasteiger charge is -2.23. The number of hydrogen-bond donors (Lipinski definition) is 0. The predicted octanol–water partition coefficient (Wildman–Crippen LogP) is 3.10. The van der Waals surface area contributed by atoms with Crippen LogP contribution in [0.4, 0.5) is 0 Å². The van der Waals surface area contributed by atoms with Crippen LogP contribution in [-0.4, -0.2) is 30.1 Å². The van der Waals surface area contributed by atoms with Crippen molar-refractivity contribution in [2.24, 2.45) is 0 Å². The van der Waals surface area contributed by atoms with E-state index in [0.717, 1.165) is 22.1 Å². The second kappa shape index (κ2) is 6.36. The number of carbonyl (C=O) groups excluding carboxylic acids is 1. The largest absolute Gasteiger partial charge is 0.368 e. The molecule has 0 radical (unpaired) electrons. The van der Waals surface area contributed by atoms with Gasteiger partial charge < -0.3 is 9.64 Å². The average molecular weight is 286 g/mol. The first kappa shape index (κ1) is 13.6. The van der Waals surface area contributed by atoms with E-state index in [1.54, 1.807) is 11.0 Å². The Morgan fingerprint density at radius 3 is 3.06 bits per heavy atom. The fourth-order valence-electron chi connectivity index (χ4n) is 1.99. The fourth-order valence-corrected chi connectivity index (χ4v) is 3.09. The number of thiophene rings is 1. The smallest absolute Gasteiger partial charge is 0.252 e. The number of rotatable bonds is 5. The van der Waals surface area contributed by atoms with Gasteiger partial charge in [-0.15, -0.1) is 17.9 Å². The zero-order chi connectivity index (χ0) is 13.0. The number of halogens is 1. The third-order valence-corrected chi connectivity index (χ3v) is 4.06. The SMILES string of the molecule is C=CCN(Cc1ccc(Cl)s1)C(=O)[C@H]1CCCO1. The molecule has 1 aromatic rings. The van der Waals surface area contributed by atoms with Crippen LogP contribution in [0.3, 0.4) is 0 Å². The van der Waals surface area contributed by atoms with Gasteiger partial charge in [0, 0.05) is 18.0 Å². The van der Waals surface area contributed by atoms with Crippen LogP contribution in [0.25, 0.3) is 0 Å². The zero-order valence-corrected chi connectivity index (χ0v) is 11.7. The molecule has 2 heterocycles. The van der Waals surface area contributed by atoms with E-state index in [9.17, 15) is 4.79 Å². The van der Waals surface area contributed by atoms with Gasteiger partial charge in [-0.05, 0) is 25.0 Å². The van der Waals surface area contributed by atoms with Crippen LogP contribution in [0.5, 0.6) is 0 Å². The van der Waals surface area contributed by atoms with Crippen molar-refractivity contribution in [1.29, 1.82) is 0 Å². The van der Waals surface area contributed by atoms with Gasteiger partial charge in [0.1, 0.15) is 6.10 Å². The molecule has 1 atom stereocenters. The van der Waals surface area contributed by atoms with Crippen molar-refractivity contribution in [3.8, 4) is 0 Å². The Hall–Kier alpha value is -0.840. The van der Waals surface area contributed by atoms with Crippen molar-refractivity contribution in [3.05, 3.63) is 34.0 Å². The van der Waals surface area contributed by atoms with Gasteiger partial charge in [0.05, 0.1) is 10.9 Å². The van der Waals surface area contributed by atoms with Crippen molar-refractivity contribution < 1.29 is 9.53 Å². The van der Waals surface area contributed by atoms with Crippen LogP contribution in [0, 0.1) is 0 Å². The zero-order valence-electron chi connectivity index (χ0n) is 10.1. The Kier molecular flexibility index (Phi) is 4.80. The van der Waals surface area contributed by atoms with Crippen molar-refractivity contribution in [1.82, 2.24) is 4.90 Å². The highest BCUT2D eigenvalue weighted by Gasteiger charge is 2.27. The number of hydrogen-bond acceptors (Lipinski definition) is 3. The summed E-state index contributed by atoms with van der Waals surface area (Å²) in [5.41, 5.74) is 0. The highest BCUT2D eigenvalue weighted by molar-refractivity contribution is 7.16. The maximum absolute atomic E-state index is 12.3. The van der Waals surface area contributed by atoms with E-state index in [1.807, 2.05) is 12.1 Å². The van der Waals surface area contributed by atoms with Crippen LogP contribution < -0.4 is 0 Å². The molecule has 18 heavy (non-hydrogen) atoms.